The summed E-state index contributed by atoms with van der Waals surface area (Å²) in [5, 5.41) is 10.1. The Morgan fingerprint density at radius 1 is 1.38 bits per heavy atom. The van der Waals surface area contributed by atoms with Gasteiger partial charge in [-0.25, -0.2) is 4.39 Å². The highest BCUT2D eigenvalue weighted by atomic mass is 19.1. The van der Waals surface area contributed by atoms with E-state index in [0.717, 1.165) is 18.4 Å². The quantitative estimate of drug-likeness (QED) is 0.836. The lowest BCUT2D eigenvalue weighted by Gasteiger charge is -2.19. The second-order valence-electron chi connectivity index (χ2n) is 4.46. The first-order valence-electron chi connectivity index (χ1n) is 5.66. The summed E-state index contributed by atoms with van der Waals surface area (Å²) >= 11 is 0. The number of aliphatic hydroxyl groups excluding tert-OH is 1. The highest BCUT2D eigenvalue weighted by Gasteiger charge is 2.26. The van der Waals surface area contributed by atoms with Gasteiger partial charge in [-0.15, -0.1) is 0 Å². The van der Waals surface area contributed by atoms with Crippen molar-refractivity contribution in [3.8, 4) is 0 Å². The zero-order valence-corrected chi connectivity index (χ0v) is 9.66. The first-order valence-corrected chi connectivity index (χ1v) is 5.66. The van der Waals surface area contributed by atoms with Gasteiger partial charge < -0.3 is 9.84 Å². The van der Waals surface area contributed by atoms with Crippen LogP contribution in [0.25, 0.3) is 0 Å². The Bertz CT molecular complexity index is 361. The summed E-state index contributed by atoms with van der Waals surface area (Å²) in [6.45, 7) is 4.14. The van der Waals surface area contributed by atoms with Crippen LogP contribution in [-0.4, -0.2) is 17.8 Å². The molecule has 1 aliphatic rings. The third-order valence-electron chi connectivity index (χ3n) is 3.12. The minimum Gasteiger partial charge on any atom is -0.386 e. The van der Waals surface area contributed by atoms with Crippen molar-refractivity contribution in [2.75, 3.05) is 6.61 Å². The Labute approximate surface area is 95.1 Å². The fourth-order valence-electron chi connectivity index (χ4n) is 2.22. The van der Waals surface area contributed by atoms with Crippen molar-refractivity contribution >= 4 is 0 Å². The van der Waals surface area contributed by atoms with Crippen molar-refractivity contribution in [3.05, 3.63) is 34.6 Å². The minimum atomic E-state index is -0.638. The topological polar surface area (TPSA) is 29.5 Å². The molecule has 2 rings (SSSR count). The molecule has 0 aromatic heterocycles. The summed E-state index contributed by atoms with van der Waals surface area (Å²) in [6.07, 6.45) is 1.09. The zero-order valence-electron chi connectivity index (χ0n) is 9.66. The van der Waals surface area contributed by atoms with Crippen LogP contribution in [-0.2, 0) is 4.74 Å². The number of rotatable bonds is 2. The molecule has 0 radical (unpaired) electrons. The Hall–Kier alpha value is -0.930. The third kappa shape index (κ3) is 2.11. The lowest BCUT2D eigenvalue weighted by molar-refractivity contribution is -0.00266. The van der Waals surface area contributed by atoms with E-state index in [4.69, 9.17) is 4.74 Å². The second-order valence-corrected chi connectivity index (χ2v) is 4.46. The molecular formula is C13H17FO2. The Morgan fingerprint density at radius 2 is 2.00 bits per heavy atom. The van der Waals surface area contributed by atoms with E-state index in [9.17, 15) is 9.50 Å². The first-order chi connectivity index (χ1) is 7.59. The molecule has 0 amide bonds. The van der Waals surface area contributed by atoms with Gasteiger partial charge in [0.2, 0.25) is 0 Å². The first kappa shape index (κ1) is 11.6. The van der Waals surface area contributed by atoms with Crippen LogP contribution in [0, 0.1) is 19.7 Å². The van der Waals surface area contributed by atoms with Crippen LogP contribution in [0.4, 0.5) is 4.39 Å². The second kappa shape index (κ2) is 4.52. The molecule has 16 heavy (non-hydrogen) atoms. The summed E-state index contributed by atoms with van der Waals surface area (Å²) in [7, 11) is 0. The van der Waals surface area contributed by atoms with E-state index in [1.165, 1.54) is 0 Å². The Balaban J connectivity index is 2.26. The fraction of sp³-hybridized carbons (Fsp3) is 0.538. The maximum absolute atomic E-state index is 13.4. The lowest BCUT2D eigenvalue weighted by Crippen LogP contribution is -2.17. The molecule has 2 unspecified atom stereocenters. The molecule has 2 atom stereocenters. The van der Waals surface area contributed by atoms with Crippen LogP contribution in [0.2, 0.25) is 0 Å². The van der Waals surface area contributed by atoms with Gasteiger partial charge in [0.05, 0.1) is 6.10 Å². The molecule has 0 aliphatic carbocycles. The van der Waals surface area contributed by atoms with Crippen LogP contribution in [0.1, 0.15) is 35.6 Å². The number of hydrogen-bond donors (Lipinski definition) is 1. The number of benzene rings is 1. The lowest BCUT2D eigenvalue weighted by atomic mass is 9.98. The van der Waals surface area contributed by atoms with Gasteiger partial charge >= 0.3 is 0 Å². The van der Waals surface area contributed by atoms with Gasteiger partial charge in [-0.1, -0.05) is 12.1 Å². The maximum atomic E-state index is 13.4. The molecular weight excluding hydrogens is 207 g/mol. The highest BCUT2D eigenvalue weighted by Crippen LogP contribution is 2.28. The van der Waals surface area contributed by atoms with Crippen molar-refractivity contribution in [2.24, 2.45) is 0 Å². The van der Waals surface area contributed by atoms with Gasteiger partial charge in [0, 0.05) is 6.61 Å². The number of ether oxygens (including phenoxy) is 1. The Morgan fingerprint density at radius 3 is 2.50 bits per heavy atom. The number of aryl methyl sites for hydroxylation is 2. The van der Waals surface area contributed by atoms with E-state index in [0.29, 0.717) is 17.7 Å². The van der Waals surface area contributed by atoms with Gasteiger partial charge in [0.1, 0.15) is 11.9 Å². The molecule has 3 heteroatoms. The standard InChI is InChI=1S/C13H17FO2/c1-8-6-10(7-9(2)12(8)14)13(15)11-4-3-5-16-11/h6-7,11,13,15H,3-5H2,1-2H3. The molecule has 1 aromatic carbocycles. The summed E-state index contributed by atoms with van der Waals surface area (Å²) in [4.78, 5) is 0. The van der Waals surface area contributed by atoms with Crippen LogP contribution < -0.4 is 0 Å². The molecule has 1 saturated heterocycles. The smallest absolute Gasteiger partial charge is 0.129 e. The number of halogens is 1. The van der Waals surface area contributed by atoms with Gasteiger partial charge in [0.25, 0.3) is 0 Å². The average molecular weight is 224 g/mol. The fourth-order valence-corrected chi connectivity index (χ4v) is 2.22. The molecule has 1 heterocycles. The van der Waals surface area contributed by atoms with Crippen molar-refractivity contribution in [2.45, 2.75) is 38.9 Å². The summed E-state index contributed by atoms with van der Waals surface area (Å²) < 4.78 is 18.9. The van der Waals surface area contributed by atoms with Gasteiger partial charge in [0.15, 0.2) is 0 Å². The van der Waals surface area contributed by atoms with E-state index < -0.39 is 6.10 Å². The van der Waals surface area contributed by atoms with E-state index in [1.54, 1.807) is 26.0 Å². The van der Waals surface area contributed by atoms with E-state index in [1.807, 2.05) is 0 Å². The van der Waals surface area contributed by atoms with E-state index >= 15 is 0 Å². The highest BCUT2D eigenvalue weighted by molar-refractivity contribution is 5.32. The molecule has 88 valence electrons. The molecule has 1 aliphatic heterocycles. The molecule has 1 fully saturated rings. The molecule has 1 N–H and O–H groups in total. The summed E-state index contributed by atoms with van der Waals surface area (Å²) in [5.74, 6) is -0.191. The predicted octanol–water partition coefficient (Wildman–Crippen LogP) is 2.65. The van der Waals surface area contributed by atoms with Gasteiger partial charge in [-0.05, 0) is 43.4 Å². The van der Waals surface area contributed by atoms with Gasteiger partial charge in [-0.2, -0.15) is 0 Å². The number of hydrogen-bond acceptors (Lipinski definition) is 2. The van der Waals surface area contributed by atoms with Crippen molar-refractivity contribution in [1.82, 2.24) is 0 Å². The average Bonchev–Trinajstić information content (AvgIpc) is 2.77. The third-order valence-corrected chi connectivity index (χ3v) is 3.12. The molecule has 1 aromatic rings. The van der Waals surface area contributed by atoms with Gasteiger partial charge in [-0.3, -0.25) is 0 Å². The van der Waals surface area contributed by atoms with E-state index in [-0.39, 0.29) is 11.9 Å². The SMILES string of the molecule is Cc1cc(C(O)C2CCCO2)cc(C)c1F. The molecule has 2 nitrogen and oxygen atoms in total. The van der Waals surface area contributed by atoms with Crippen molar-refractivity contribution < 1.29 is 14.2 Å². The summed E-state index contributed by atoms with van der Waals surface area (Å²) in [5.41, 5.74) is 1.90. The minimum absolute atomic E-state index is 0.135. The van der Waals surface area contributed by atoms with Crippen LogP contribution >= 0.6 is 0 Å². The normalized spacial score (nSPS) is 22.4. The predicted molar refractivity (Wildman–Crippen MR) is 59.8 cm³/mol. The van der Waals surface area contributed by atoms with Crippen molar-refractivity contribution in [3.63, 3.8) is 0 Å². The van der Waals surface area contributed by atoms with Crippen molar-refractivity contribution in [1.29, 1.82) is 0 Å². The molecule has 0 saturated carbocycles. The van der Waals surface area contributed by atoms with Crippen LogP contribution in [0.5, 0.6) is 0 Å². The molecule has 0 spiro atoms. The monoisotopic (exact) mass is 224 g/mol. The zero-order chi connectivity index (χ0) is 11.7. The number of aliphatic hydroxyl groups is 1. The van der Waals surface area contributed by atoms with Crippen LogP contribution in [0.3, 0.4) is 0 Å². The molecule has 0 bridgehead atoms. The largest absolute Gasteiger partial charge is 0.386 e. The van der Waals surface area contributed by atoms with Crippen LogP contribution in [0.15, 0.2) is 12.1 Å². The van der Waals surface area contributed by atoms with E-state index in [2.05, 4.69) is 0 Å². The summed E-state index contributed by atoms with van der Waals surface area (Å²) in [6, 6.07) is 3.41. The Kier molecular flexibility index (Phi) is 3.26. The maximum Gasteiger partial charge on any atom is 0.129 e.